The smallest absolute Gasteiger partial charge is 0.452 e. The van der Waals surface area contributed by atoms with Crippen molar-refractivity contribution in [3.8, 4) is 0 Å². The van der Waals surface area contributed by atoms with E-state index in [0.717, 1.165) is 24.1 Å². The van der Waals surface area contributed by atoms with Gasteiger partial charge in [-0.1, -0.05) is 26.8 Å². The molecule has 0 aliphatic carbocycles. The summed E-state index contributed by atoms with van der Waals surface area (Å²) in [7, 11) is 2.90. The Kier molecular flexibility index (Phi) is 11.1. The zero-order valence-corrected chi connectivity index (χ0v) is 24.4. The van der Waals surface area contributed by atoms with Crippen molar-refractivity contribution in [2.24, 2.45) is 5.92 Å². The van der Waals surface area contributed by atoms with E-state index in [2.05, 4.69) is 33.4 Å². The van der Waals surface area contributed by atoms with Crippen LogP contribution in [0.25, 0.3) is 0 Å². The predicted molar refractivity (Wildman–Crippen MR) is 148 cm³/mol. The van der Waals surface area contributed by atoms with Gasteiger partial charge in [-0.2, -0.15) is 22.5 Å². The van der Waals surface area contributed by atoms with Gasteiger partial charge in [0.1, 0.15) is 0 Å². The standard InChI is InChI=1S/C27H38F3N5O4S/c1-17(2)16-35(20-8-11-34(12-9-20)23(36)10-13-38-4)22-7-6-19(18(3)14-24(37)39-5)15-21(22)31-26-32-25(33-40-26)27(28,29)30/h6-7,15,17-18,20H,8-14,16H2,1-5H3,(H,31,32,33). The highest BCUT2D eigenvalue weighted by molar-refractivity contribution is 7.09. The number of piperidine rings is 1. The molecule has 13 heteroatoms. The number of anilines is 3. The molecule has 0 spiro atoms. The van der Waals surface area contributed by atoms with Crippen LogP contribution in [-0.2, 0) is 25.2 Å². The van der Waals surface area contributed by atoms with E-state index in [9.17, 15) is 22.8 Å². The largest absolute Gasteiger partial charge is 0.469 e. The minimum atomic E-state index is -4.64. The molecule has 0 bridgehead atoms. The van der Waals surface area contributed by atoms with Gasteiger partial charge in [0, 0.05) is 44.3 Å². The molecular weight excluding hydrogens is 547 g/mol. The summed E-state index contributed by atoms with van der Waals surface area (Å²) in [5, 5.41) is 3.10. The Morgan fingerprint density at radius 1 is 1.20 bits per heavy atom. The number of nitrogens with zero attached hydrogens (tertiary/aromatic N) is 4. The highest BCUT2D eigenvalue weighted by Crippen LogP contribution is 2.38. The second kappa shape index (κ2) is 14.1. The van der Waals surface area contributed by atoms with E-state index in [-0.39, 0.29) is 35.4 Å². The number of amides is 1. The number of esters is 1. The van der Waals surface area contributed by atoms with Crippen LogP contribution in [0.3, 0.4) is 0 Å². The van der Waals surface area contributed by atoms with Gasteiger partial charge in [0.15, 0.2) is 0 Å². The molecular formula is C27H38F3N5O4S. The number of alkyl halides is 3. The summed E-state index contributed by atoms with van der Waals surface area (Å²) in [6.45, 7) is 8.43. The van der Waals surface area contributed by atoms with Gasteiger partial charge in [0.25, 0.3) is 0 Å². The molecule has 1 fully saturated rings. The van der Waals surface area contributed by atoms with Crippen molar-refractivity contribution in [3.63, 3.8) is 0 Å². The SMILES string of the molecule is COCCC(=O)N1CCC(N(CC(C)C)c2ccc(C(C)CC(=O)OC)cc2Nc2nc(C(F)(F)F)ns2)CC1. The summed E-state index contributed by atoms with van der Waals surface area (Å²) in [5.41, 5.74) is 2.23. The molecule has 2 aromatic rings. The number of carbonyl (C=O) groups is 2. The lowest BCUT2D eigenvalue weighted by Crippen LogP contribution is -2.48. The van der Waals surface area contributed by atoms with Gasteiger partial charge in [-0.3, -0.25) is 9.59 Å². The average Bonchev–Trinajstić information content (AvgIpc) is 3.39. The van der Waals surface area contributed by atoms with Gasteiger partial charge in [0.05, 0.1) is 37.9 Å². The van der Waals surface area contributed by atoms with E-state index in [1.165, 1.54) is 7.11 Å². The molecule has 1 aliphatic rings. The van der Waals surface area contributed by atoms with E-state index >= 15 is 0 Å². The Morgan fingerprint density at radius 3 is 2.48 bits per heavy atom. The Morgan fingerprint density at radius 2 is 1.90 bits per heavy atom. The number of methoxy groups -OCH3 is 2. The van der Waals surface area contributed by atoms with Crippen molar-refractivity contribution in [1.29, 1.82) is 0 Å². The number of halogens is 3. The number of hydrogen-bond donors (Lipinski definition) is 1. The molecule has 40 heavy (non-hydrogen) atoms. The van der Waals surface area contributed by atoms with Crippen molar-refractivity contribution in [1.82, 2.24) is 14.3 Å². The molecule has 0 saturated carbocycles. The zero-order valence-electron chi connectivity index (χ0n) is 23.6. The molecule has 1 N–H and O–H groups in total. The summed E-state index contributed by atoms with van der Waals surface area (Å²) < 4.78 is 52.9. The monoisotopic (exact) mass is 585 g/mol. The van der Waals surface area contributed by atoms with Crippen LogP contribution in [0.4, 0.5) is 29.7 Å². The van der Waals surface area contributed by atoms with Crippen LogP contribution in [0.1, 0.15) is 63.8 Å². The normalized spacial score (nSPS) is 15.3. The quantitative estimate of drug-likeness (QED) is 0.328. The van der Waals surface area contributed by atoms with E-state index in [1.807, 2.05) is 30.0 Å². The number of aromatic nitrogens is 2. The van der Waals surface area contributed by atoms with Gasteiger partial charge < -0.3 is 24.6 Å². The molecule has 2 heterocycles. The second-order valence-electron chi connectivity index (χ2n) is 10.4. The summed E-state index contributed by atoms with van der Waals surface area (Å²) in [6, 6.07) is 5.85. The van der Waals surface area contributed by atoms with Crippen LogP contribution in [0.2, 0.25) is 0 Å². The van der Waals surface area contributed by atoms with Gasteiger partial charge in [-0.15, -0.1) is 0 Å². The van der Waals surface area contributed by atoms with Crippen LogP contribution < -0.4 is 10.2 Å². The molecule has 1 amide bonds. The molecule has 9 nitrogen and oxygen atoms in total. The Labute approximate surface area is 237 Å². The summed E-state index contributed by atoms with van der Waals surface area (Å²) in [6.07, 6.45) is -2.63. The predicted octanol–water partition coefficient (Wildman–Crippen LogP) is 5.46. The maximum atomic E-state index is 13.2. The zero-order chi connectivity index (χ0) is 29.4. The van der Waals surface area contributed by atoms with Gasteiger partial charge >= 0.3 is 12.1 Å². The van der Waals surface area contributed by atoms with Crippen molar-refractivity contribution in [3.05, 3.63) is 29.6 Å². The maximum Gasteiger partial charge on any atom is 0.452 e. The highest BCUT2D eigenvalue weighted by atomic mass is 32.1. The Bertz CT molecular complexity index is 1140. The van der Waals surface area contributed by atoms with Crippen LogP contribution in [0, 0.1) is 5.92 Å². The number of hydrogen-bond acceptors (Lipinski definition) is 9. The van der Waals surface area contributed by atoms with E-state index < -0.39 is 12.0 Å². The molecule has 1 aromatic heterocycles. The number of likely N-dealkylation sites (tertiary alicyclic amines) is 1. The maximum absolute atomic E-state index is 13.2. The lowest BCUT2D eigenvalue weighted by molar-refractivity contribution is -0.144. The molecule has 222 valence electrons. The average molecular weight is 586 g/mol. The van der Waals surface area contributed by atoms with Gasteiger partial charge in [-0.25, -0.2) is 0 Å². The minimum absolute atomic E-state index is 0.0226. The molecule has 3 rings (SSSR count). The van der Waals surface area contributed by atoms with E-state index in [0.29, 0.717) is 55.8 Å². The van der Waals surface area contributed by atoms with Crippen molar-refractivity contribution < 1.29 is 32.2 Å². The van der Waals surface area contributed by atoms with Gasteiger partial charge in [-0.05, 0) is 42.4 Å². The van der Waals surface area contributed by atoms with E-state index in [1.54, 1.807) is 7.11 Å². The number of nitrogens with one attached hydrogen (secondary N) is 1. The first-order chi connectivity index (χ1) is 18.9. The molecule has 1 aliphatic heterocycles. The summed E-state index contributed by atoms with van der Waals surface area (Å²) in [5.74, 6) is -1.36. The van der Waals surface area contributed by atoms with Crippen molar-refractivity contribution in [2.75, 3.05) is 50.7 Å². The van der Waals surface area contributed by atoms with E-state index in [4.69, 9.17) is 9.47 Å². The van der Waals surface area contributed by atoms with Gasteiger partial charge in [0.2, 0.25) is 16.9 Å². The molecule has 0 radical (unpaired) electrons. The fraction of sp³-hybridized carbons (Fsp3) is 0.630. The lowest BCUT2D eigenvalue weighted by atomic mass is 9.95. The number of benzene rings is 1. The summed E-state index contributed by atoms with van der Waals surface area (Å²) in [4.78, 5) is 32.2. The second-order valence-corrected chi connectivity index (χ2v) is 11.2. The highest BCUT2D eigenvalue weighted by Gasteiger charge is 2.36. The first-order valence-corrected chi connectivity index (χ1v) is 14.1. The van der Waals surface area contributed by atoms with Crippen molar-refractivity contribution >= 4 is 39.9 Å². The fourth-order valence-electron chi connectivity index (χ4n) is 4.78. The van der Waals surface area contributed by atoms with Crippen LogP contribution in [-0.4, -0.2) is 72.6 Å². The molecule has 1 unspecified atom stereocenters. The Hall–Kier alpha value is -2.93. The first kappa shape index (κ1) is 31.6. The van der Waals surface area contributed by atoms with Crippen LogP contribution >= 0.6 is 11.5 Å². The molecule has 1 atom stereocenters. The number of carbonyl (C=O) groups excluding carboxylic acids is 2. The first-order valence-electron chi connectivity index (χ1n) is 13.3. The van der Waals surface area contributed by atoms with Crippen LogP contribution in [0.15, 0.2) is 18.2 Å². The van der Waals surface area contributed by atoms with Crippen molar-refractivity contribution in [2.45, 2.75) is 64.6 Å². The lowest BCUT2D eigenvalue weighted by Gasteiger charge is -2.41. The molecule has 1 aromatic carbocycles. The third-order valence-electron chi connectivity index (χ3n) is 6.86. The number of ether oxygens (including phenoxy) is 2. The number of rotatable bonds is 12. The third kappa shape index (κ3) is 8.53. The molecule has 1 saturated heterocycles. The minimum Gasteiger partial charge on any atom is -0.469 e. The third-order valence-corrected chi connectivity index (χ3v) is 7.49. The summed E-state index contributed by atoms with van der Waals surface area (Å²) >= 11 is 0.640. The topological polar surface area (TPSA) is 96.9 Å². The fourth-order valence-corrected chi connectivity index (χ4v) is 5.38. The Balaban J connectivity index is 1.93. The van der Waals surface area contributed by atoms with Crippen LogP contribution in [0.5, 0.6) is 0 Å².